The molecule has 0 bridgehead atoms. The third-order valence-electron chi connectivity index (χ3n) is 3.44. The summed E-state index contributed by atoms with van der Waals surface area (Å²) < 4.78 is 11.7. The summed E-state index contributed by atoms with van der Waals surface area (Å²) in [6.07, 6.45) is 3.03. The molecule has 0 fully saturated rings. The van der Waals surface area contributed by atoms with Crippen LogP contribution in [0.1, 0.15) is 35.0 Å². The van der Waals surface area contributed by atoms with Gasteiger partial charge in [-0.05, 0) is 12.5 Å². The predicted octanol–water partition coefficient (Wildman–Crippen LogP) is 4.16. The Balaban J connectivity index is 1.87. The van der Waals surface area contributed by atoms with Gasteiger partial charge in [-0.2, -0.15) is 0 Å². The molecule has 0 radical (unpaired) electrons. The van der Waals surface area contributed by atoms with Crippen LogP contribution in [0.3, 0.4) is 0 Å². The maximum Gasteiger partial charge on any atom is 0.183 e. The van der Waals surface area contributed by atoms with Crippen molar-refractivity contribution in [3.63, 3.8) is 0 Å². The highest BCUT2D eigenvalue weighted by Gasteiger charge is 2.19. The monoisotopic (exact) mass is 352 g/mol. The second-order valence-corrected chi connectivity index (χ2v) is 6.85. The number of ketones is 1. The number of carbonyl (C=O) groups excluding carboxylic acids is 1. The van der Waals surface area contributed by atoms with Crippen LogP contribution in [0.15, 0.2) is 18.3 Å². The number of carbonyl (C=O) groups is 1. The number of benzene rings is 1. The van der Waals surface area contributed by atoms with Gasteiger partial charge in [-0.15, -0.1) is 11.3 Å². The van der Waals surface area contributed by atoms with Gasteiger partial charge in [0.25, 0.3) is 0 Å². The average Bonchev–Trinajstić information content (AvgIpc) is 2.97. The number of hydrogen-bond acceptors (Lipinski definition) is 6. The fourth-order valence-corrected chi connectivity index (χ4v) is 3.29. The minimum Gasteiger partial charge on any atom is -0.486 e. The minimum atomic E-state index is 0.0920. The molecule has 122 valence electrons. The fourth-order valence-electron chi connectivity index (χ4n) is 2.38. The van der Waals surface area contributed by atoms with E-state index in [1.807, 2.05) is 13.0 Å². The Labute approximate surface area is 143 Å². The maximum absolute atomic E-state index is 12.4. The summed E-state index contributed by atoms with van der Waals surface area (Å²) in [7, 11) is 0. The smallest absolute Gasteiger partial charge is 0.183 e. The van der Waals surface area contributed by atoms with Crippen LogP contribution in [-0.2, 0) is 6.54 Å². The van der Waals surface area contributed by atoms with Crippen molar-refractivity contribution in [2.45, 2.75) is 26.3 Å². The molecule has 1 aliphatic rings. The van der Waals surface area contributed by atoms with Crippen LogP contribution < -0.4 is 14.8 Å². The average molecular weight is 353 g/mol. The van der Waals surface area contributed by atoms with Gasteiger partial charge in [-0.3, -0.25) is 4.79 Å². The molecule has 1 aromatic carbocycles. The van der Waals surface area contributed by atoms with E-state index < -0.39 is 0 Å². The lowest BCUT2D eigenvalue weighted by Crippen LogP contribution is -2.17. The van der Waals surface area contributed by atoms with Gasteiger partial charge in [0.15, 0.2) is 21.7 Å². The van der Waals surface area contributed by atoms with Crippen molar-refractivity contribution in [3.05, 3.63) is 33.2 Å². The summed E-state index contributed by atoms with van der Waals surface area (Å²) >= 11 is 7.26. The SMILES string of the molecule is CCCC(=O)c1cc2c(cc1NCc1cnc(Cl)s1)OCCO2. The Kier molecular flexibility index (Phi) is 5.03. The third-order valence-corrected chi connectivity index (χ3v) is 4.55. The summed E-state index contributed by atoms with van der Waals surface area (Å²) in [5, 5.41) is 3.29. The Morgan fingerprint density at radius 2 is 2.09 bits per heavy atom. The van der Waals surface area contributed by atoms with Crippen molar-refractivity contribution in [2.75, 3.05) is 18.5 Å². The summed E-state index contributed by atoms with van der Waals surface area (Å²) in [6, 6.07) is 3.61. The first-order valence-corrected chi connectivity index (χ1v) is 8.67. The van der Waals surface area contributed by atoms with Crippen molar-refractivity contribution in [2.24, 2.45) is 0 Å². The molecule has 2 aromatic rings. The normalized spacial score (nSPS) is 13.0. The molecule has 0 atom stereocenters. The Morgan fingerprint density at radius 1 is 1.35 bits per heavy atom. The van der Waals surface area contributed by atoms with Gasteiger partial charge in [0.1, 0.15) is 13.2 Å². The molecule has 0 spiro atoms. The Morgan fingerprint density at radius 3 is 2.74 bits per heavy atom. The van der Waals surface area contributed by atoms with Crippen molar-refractivity contribution >= 4 is 34.4 Å². The standard InChI is InChI=1S/C16H17ClN2O3S/c1-2-3-13(20)11-6-14-15(22-5-4-21-14)7-12(11)18-8-10-9-19-16(17)23-10/h6-7,9,18H,2-5,8H2,1H3. The first-order valence-electron chi connectivity index (χ1n) is 7.48. The number of fused-ring (bicyclic) bond motifs is 1. The van der Waals surface area contributed by atoms with Crippen molar-refractivity contribution in [1.82, 2.24) is 4.98 Å². The highest BCUT2D eigenvalue weighted by Crippen LogP contribution is 2.36. The molecular formula is C16H17ClN2O3S. The lowest BCUT2D eigenvalue weighted by molar-refractivity contribution is 0.0981. The largest absolute Gasteiger partial charge is 0.486 e. The minimum absolute atomic E-state index is 0.0920. The number of thiazole rings is 1. The number of ether oxygens (including phenoxy) is 2. The zero-order chi connectivity index (χ0) is 16.2. The van der Waals surface area contributed by atoms with Gasteiger partial charge in [0.05, 0.1) is 6.54 Å². The second-order valence-electron chi connectivity index (χ2n) is 5.15. The van der Waals surface area contributed by atoms with E-state index in [1.165, 1.54) is 11.3 Å². The molecule has 0 amide bonds. The number of Topliss-reactive ketones (excluding diaryl/α,β-unsaturated/α-hetero) is 1. The van der Waals surface area contributed by atoms with E-state index in [9.17, 15) is 4.79 Å². The van der Waals surface area contributed by atoms with Gasteiger partial charge < -0.3 is 14.8 Å². The van der Waals surface area contributed by atoms with Crippen LogP contribution in [0.25, 0.3) is 0 Å². The van der Waals surface area contributed by atoms with E-state index in [1.54, 1.807) is 12.3 Å². The number of halogens is 1. The number of nitrogens with one attached hydrogen (secondary N) is 1. The van der Waals surface area contributed by atoms with Gasteiger partial charge >= 0.3 is 0 Å². The first kappa shape index (κ1) is 16.1. The highest BCUT2D eigenvalue weighted by molar-refractivity contribution is 7.15. The quantitative estimate of drug-likeness (QED) is 0.791. The number of anilines is 1. The molecule has 0 saturated heterocycles. The molecule has 0 saturated carbocycles. The van der Waals surface area contributed by atoms with Crippen molar-refractivity contribution in [3.8, 4) is 11.5 Å². The zero-order valence-electron chi connectivity index (χ0n) is 12.7. The van der Waals surface area contributed by atoms with Gasteiger partial charge in [0.2, 0.25) is 0 Å². The van der Waals surface area contributed by atoms with Gasteiger partial charge in [-0.25, -0.2) is 4.98 Å². The molecule has 1 aliphatic heterocycles. The summed E-state index contributed by atoms with van der Waals surface area (Å²) in [5.74, 6) is 1.38. The second kappa shape index (κ2) is 7.19. The lowest BCUT2D eigenvalue weighted by atomic mass is 10.0. The van der Waals surface area contributed by atoms with Crippen LogP contribution in [-0.4, -0.2) is 24.0 Å². The van der Waals surface area contributed by atoms with Gasteiger partial charge in [-0.1, -0.05) is 18.5 Å². The molecule has 1 aromatic heterocycles. The summed E-state index contributed by atoms with van der Waals surface area (Å²) in [5.41, 5.74) is 1.38. The zero-order valence-corrected chi connectivity index (χ0v) is 14.3. The van der Waals surface area contributed by atoms with Crippen LogP contribution >= 0.6 is 22.9 Å². The van der Waals surface area contributed by atoms with Crippen molar-refractivity contribution < 1.29 is 14.3 Å². The summed E-state index contributed by atoms with van der Waals surface area (Å²) in [4.78, 5) is 17.4. The molecule has 23 heavy (non-hydrogen) atoms. The molecule has 3 rings (SSSR count). The van der Waals surface area contributed by atoms with E-state index in [0.29, 0.717) is 47.7 Å². The third kappa shape index (κ3) is 3.76. The number of rotatable bonds is 6. The van der Waals surface area contributed by atoms with Gasteiger partial charge in [0, 0.05) is 34.8 Å². The molecule has 1 N–H and O–H groups in total. The van der Waals surface area contributed by atoms with Crippen LogP contribution in [0.4, 0.5) is 5.69 Å². The van der Waals surface area contributed by atoms with E-state index >= 15 is 0 Å². The number of hydrogen-bond donors (Lipinski definition) is 1. The Hall–Kier alpha value is -1.79. The van der Waals surface area contributed by atoms with Crippen LogP contribution in [0.2, 0.25) is 4.47 Å². The molecule has 2 heterocycles. The van der Waals surface area contributed by atoms with E-state index in [0.717, 1.165) is 17.0 Å². The first-order chi connectivity index (χ1) is 11.2. The Bertz CT molecular complexity index is 717. The maximum atomic E-state index is 12.4. The fraction of sp³-hybridized carbons (Fsp3) is 0.375. The topological polar surface area (TPSA) is 60.5 Å². The number of aromatic nitrogens is 1. The molecule has 7 heteroatoms. The summed E-state index contributed by atoms with van der Waals surface area (Å²) in [6.45, 7) is 3.55. The van der Waals surface area contributed by atoms with Crippen LogP contribution in [0, 0.1) is 0 Å². The van der Waals surface area contributed by atoms with Crippen LogP contribution in [0.5, 0.6) is 11.5 Å². The molecule has 0 unspecified atom stereocenters. The predicted molar refractivity (Wildman–Crippen MR) is 91.1 cm³/mol. The van der Waals surface area contributed by atoms with E-state index in [-0.39, 0.29) is 5.78 Å². The molecular weight excluding hydrogens is 336 g/mol. The van der Waals surface area contributed by atoms with E-state index in [4.69, 9.17) is 21.1 Å². The molecule has 0 aliphatic carbocycles. The highest BCUT2D eigenvalue weighted by atomic mass is 35.5. The van der Waals surface area contributed by atoms with E-state index in [2.05, 4.69) is 10.3 Å². The molecule has 5 nitrogen and oxygen atoms in total. The number of nitrogens with zero attached hydrogens (tertiary/aromatic N) is 1. The van der Waals surface area contributed by atoms with Crippen molar-refractivity contribution in [1.29, 1.82) is 0 Å². The lowest BCUT2D eigenvalue weighted by Gasteiger charge is -2.21.